The molecule has 0 aliphatic carbocycles. The van der Waals surface area contributed by atoms with E-state index in [9.17, 15) is 13.2 Å². The molecule has 0 aliphatic heterocycles. The van der Waals surface area contributed by atoms with E-state index in [2.05, 4.69) is 0 Å². The minimum Gasteiger partial charge on any atom is -0.206 e. The third-order valence-electron chi connectivity index (χ3n) is 3.86. The summed E-state index contributed by atoms with van der Waals surface area (Å²) in [5.74, 6) is -2.57. The Kier molecular flexibility index (Phi) is 3.95. The van der Waals surface area contributed by atoms with Crippen molar-refractivity contribution in [3.63, 3.8) is 0 Å². The molecular weight excluding hydrogens is 297 g/mol. The van der Waals surface area contributed by atoms with Gasteiger partial charge in [-0.25, -0.2) is 13.2 Å². The first kappa shape index (κ1) is 15.3. The molecule has 0 aromatic heterocycles. The third kappa shape index (κ3) is 2.87. The van der Waals surface area contributed by atoms with E-state index in [1.165, 1.54) is 24.3 Å². The molecule has 3 aromatic carbocycles. The van der Waals surface area contributed by atoms with Crippen LogP contribution < -0.4 is 0 Å². The second-order valence-electron chi connectivity index (χ2n) is 5.64. The summed E-state index contributed by atoms with van der Waals surface area (Å²) in [5, 5.41) is 0. The number of rotatable bonds is 2. The van der Waals surface area contributed by atoms with Gasteiger partial charge < -0.3 is 0 Å². The van der Waals surface area contributed by atoms with Crippen molar-refractivity contribution in [1.82, 2.24) is 0 Å². The fraction of sp³-hybridized carbons (Fsp3) is 0.100. The van der Waals surface area contributed by atoms with Crippen molar-refractivity contribution >= 4 is 0 Å². The van der Waals surface area contributed by atoms with Crippen molar-refractivity contribution in [2.75, 3.05) is 0 Å². The summed E-state index contributed by atoms with van der Waals surface area (Å²) in [5.41, 5.74) is 2.50. The van der Waals surface area contributed by atoms with Gasteiger partial charge in [0.2, 0.25) is 0 Å². The van der Waals surface area contributed by atoms with E-state index in [1.807, 2.05) is 19.1 Å². The van der Waals surface area contributed by atoms with E-state index < -0.39 is 17.5 Å². The van der Waals surface area contributed by atoms with Gasteiger partial charge >= 0.3 is 0 Å². The van der Waals surface area contributed by atoms with Crippen molar-refractivity contribution < 1.29 is 13.2 Å². The lowest BCUT2D eigenvalue weighted by Gasteiger charge is -2.10. The minimum atomic E-state index is -1.04. The van der Waals surface area contributed by atoms with Crippen LogP contribution in [0, 0.1) is 31.3 Å². The molecule has 3 heteroatoms. The lowest BCUT2D eigenvalue weighted by atomic mass is 9.97. The van der Waals surface area contributed by atoms with E-state index >= 15 is 0 Å². The van der Waals surface area contributed by atoms with Crippen LogP contribution in [-0.2, 0) is 0 Å². The van der Waals surface area contributed by atoms with Crippen molar-refractivity contribution in [1.29, 1.82) is 0 Å². The zero-order valence-electron chi connectivity index (χ0n) is 12.8. The highest BCUT2D eigenvalue weighted by atomic mass is 19.2. The fourth-order valence-corrected chi connectivity index (χ4v) is 2.55. The highest BCUT2D eigenvalue weighted by Gasteiger charge is 2.18. The SMILES string of the molecule is Cc1ccc(-c2ccc(-c3ccc(C)cc3F)c(F)c2F)cc1. The molecule has 0 fully saturated rings. The second kappa shape index (κ2) is 5.92. The van der Waals surface area contributed by atoms with Crippen molar-refractivity contribution in [3.05, 3.63) is 83.2 Å². The third-order valence-corrected chi connectivity index (χ3v) is 3.86. The van der Waals surface area contributed by atoms with E-state index in [0.717, 1.165) is 11.1 Å². The maximum Gasteiger partial charge on any atom is 0.167 e. The molecule has 0 N–H and O–H groups in total. The normalized spacial score (nSPS) is 10.8. The Morgan fingerprint density at radius 1 is 0.565 bits per heavy atom. The Morgan fingerprint density at radius 2 is 1.09 bits per heavy atom. The molecule has 0 amide bonds. The summed E-state index contributed by atoms with van der Waals surface area (Å²) in [4.78, 5) is 0. The Labute approximate surface area is 133 Å². The van der Waals surface area contributed by atoms with E-state index in [0.29, 0.717) is 5.56 Å². The van der Waals surface area contributed by atoms with Gasteiger partial charge in [0.05, 0.1) is 0 Å². The molecular formula is C20H15F3. The lowest BCUT2D eigenvalue weighted by Crippen LogP contribution is -1.96. The summed E-state index contributed by atoms with van der Waals surface area (Å²) in [6.45, 7) is 3.66. The predicted octanol–water partition coefficient (Wildman–Crippen LogP) is 6.05. The van der Waals surface area contributed by atoms with Gasteiger partial charge in [0, 0.05) is 16.7 Å². The molecule has 0 heterocycles. The molecule has 0 spiro atoms. The monoisotopic (exact) mass is 312 g/mol. The van der Waals surface area contributed by atoms with Crippen molar-refractivity contribution in [3.8, 4) is 22.3 Å². The number of benzene rings is 3. The first-order valence-electron chi connectivity index (χ1n) is 7.29. The first-order valence-corrected chi connectivity index (χ1v) is 7.29. The van der Waals surface area contributed by atoms with Gasteiger partial charge in [0.15, 0.2) is 11.6 Å². The average Bonchev–Trinajstić information content (AvgIpc) is 2.52. The van der Waals surface area contributed by atoms with Gasteiger partial charge in [-0.05, 0) is 31.0 Å². The van der Waals surface area contributed by atoms with Crippen LogP contribution in [0.5, 0.6) is 0 Å². The van der Waals surface area contributed by atoms with Crippen LogP contribution in [0.1, 0.15) is 11.1 Å². The molecule has 3 rings (SSSR count). The second-order valence-corrected chi connectivity index (χ2v) is 5.64. The fourth-order valence-electron chi connectivity index (χ4n) is 2.55. The summed E-state index contributed by atoms with van der Waals surface area (Å²) in [6.07, 6.45) is 0. The molecule has 0 radical (unpaired) electrons. The van der Waals surface area contributed by atoms with Gasteiger partial charge in [-0.2, -0.15) is 0 Å². The number of halogens is 3. The van der Waals surface area contributed by atoms with Gasteiger partial charge in [-0.1, -0.05) is 54.1 Å². The molecule has 116 valence electrons. The molecule has 0 aliphatic rings. The van der Waals surface area contributed by atoms with Gasteiger partial charge in [0.1, 0.15) is 5.82 Å². The number of hydrogen-bond donors (Lipinski definition) is 0. The van der Waals surface area contributed by atoms with Crippen LogP contribution in [0.3, 0.4) is 0 Å². The van der Waals surface area contributed by atoms with E-state index in [1.54, 1.807) is 25.1 Å². The van der Waals surface area contributed by atoms with Crippen LogP contribution in [0.25, 0.3) is 22.3 Å². The molecule has 0 saturated carbocycles. The molecule has 0 unspecified atom stereocenters. The molecule has 3 aromatic rings. The Bertz CT molecular complexity index is 865. The maximum absolute atomic E-state index is 14.5. The quantitative estimate of drug-likeness (QED) is 0.540. The lowest BCUT2D eigenvalue weighted by molar-refractivity contribution is 0.513. The Morgan fingerprint density at radius 3 is 1.74 bits per heavy atom. The topological polar surface area (TPSA) is 0 Å². The Balaban J connectivity index is 2.12. The van der Waals surface area contributed by atoms with Crippen LogP contribution >= 0.6 is 0 Å². The maximum atomic E-state index is 14.5. The molecule has 0 atom stereocenters. The largest absolute Gasteiger partial charge is 0.206 e. The van der Waals surface area contributed by atoms with Gasteiger partial charge in [-0.3, -0.25) is 0 Å². The average molecular weight is 312 g/mol. The summed E-state index contributed by atoms with van der Waals surface area (Å²) in [6, 6.07) is 14.5. The highest BCUT2D eigenvalue weighted by Crippen LogP contribution is 2.32. The minimum absolute atomic E-state index is 0.0578. The highest BCUT2D eigenvalue weighted by molar-refractivity contribution is 5.72. The molecule has 0 saturated heterocycles. The Hall–Kier alpha value is -2.55. The van der Waals surface area contributed by atoms with Crippen LogP contribution in [0.4, 0.5) is 13.2 Å². The zero-order chi connectivity index (χ0) is 16.6. The van der Waals surface area contributed by atoms with Gasteiger partial charge in [0.25, 0.3) is 0 Å². The standard InChI is InChI=1S/C20H15F3/c1-12-3-6-14(7-4-12)15-9-10-17(20(23)19(15)22)16-8-5-13(2)11-18(16)21/h3-11H,1-2H3. The predicted molar refractivity (Wildman–Crippen MR) is 86.7 cm³/mol. The van der Waals surface area contributed by atoms with Crippen molar-refractivity contribution in [2.24, 2.45) is 0 Å². The smallest absolute Gasteiger partial charge is 0.167 e. The summed E-state index contributed by atoms with van der Waals surface area (Å²) < 4.78 is 42.9. The molecule has 0 bridgehead atoms. The van der Waals surface area contributed by atoms with E-state index in [4.69, 9.17) is 0 Å². The summed E-state index contributed by atoms with van der Waals surface area (Å²) >= 11 is 0. The zero-order valence-corrected chi connectivity index (χ0v) is 12.8. The van der Waals surface area contributed by atoms with Crippen LogP contribution in [0.15, 0.2) is 54.6 Å². The number of hydrogen-bond acceptors (Lipinski definition) is 0. The molecule has 0 nitrogen and oxygen atoms in total. The first-order chi connectivity index (χ1) is 11.0. The summed E-state index contributed by atoms with van der Waals surface area (Å²) in [7, 11) is 0. The van der Waals surface area contributed by atoms with Gasteiger partial charge in [-0.15, -0.1) is 0 Å². The van der Waals surface area contributed by atoms with Crippen LogP contribution in [0.2, 0.25) is 0 Å². The van der Waals surface area contributed by atoms with E-state index in [-0.39, 0.29) is 16.7 Å². The number of aryl methyl sites for hydroxylation is 2. The molecule has 23 heavy (non-hydrogen) atoms. The van der Waals surface area contributed by atoms with Crippen LogP contribution in [-0.4, -0.2) is 0 Å². The van der Waals surface area contributed by atoms with Crippen molar-refractivity contribution in [2.45, 2.75) is 13.8 Å².